The van der Waals surface area contributed by atoms with Gasteiger partial charge in [0.15, 0.2) is 0 Å². The van der Waals surface area contributed by atoms with Gasteiger partial charge in [0.25, 0.3) is 0 Å². The minimum atomic E-state index is -0.324. The fourth-order valence-corrected chi connectivity index (χ4v) is 1.37. The number of rotatable bonds is 5. The quantitative estimate of drug-likeness (QED) is 0.696. The summed E-state index contributed by atoms with van der Waals surface area (Å²) in [4.78, 5) is 18.3. The highest BCUT2D eigenvalue weighted by atomic mass is 16.5. The molecule has 1 rings (SSSR count). The lowest BCUT2D eigenvalue weighted by atomic mass is 10.1. The van der Waals surface area contributed by atoms with Crippen LogP contribution in [0, 0.1) is 0 Å². The molecule has 0 aliphatic carbocycles. The number of esters is 1. The third kappa shape index (κ3) is 3.71. The summed E-state index contributed by atoms with van der Waals surface area (Å²) < 4.78 is 4.73. The Bertz CT molecular complexity index is 296. The average molecular weight is 211 g/mol. The Hall–Kier alpha value is -1.36. The molecule has 0 bridgehead atoms. The van der Waals surface area contributed by atoms with Crippen LogP contribution in [0.4, 0.5) is 0 Å². The minimum absolute atomic E-state index is 0.233. The summed E-state index contributed by atoms with van der Waals surface area (Å²) in [5.74, 6) is -0.252. The molecule has 2 N–H and O–H groups in total. The molecule has 1 heterocycles. The Morgan fingerprint density at radius 3 is 2.87 bits per heavy atom. The van der Waals surface area contributed by atoms with Crippen molar-refractivity contribution in [3.05, 3.63) is 18.2 Å². The van der Waals surface area contributed by atoms with Crippen molar-refractivity contribution in [1.82, 2.24) is 15.3 Å². The predicted octanol–water partition coefficient (Wildman–Crippen LogP) is 0.492. The van der Waals surface area contributed by atoms with Gasteiger partial charge in [0, 0.05) is 24.4 Å². The predicted molar refractivity (Wildman–Crippen MR) is 56.4 cm³/mol. The molecule has 0 spiro atoms. The Kier molecular flexibility index (Phi) is 4.30. The Morgan fingerprint density at radius 1 is 1.67 bits per heavy atom. The number of H-pyrrole nitrogens is 1. The summed E-state index contributed by atoms with van der Waals surface area (Å²) in [7, 11) is 1.39. The Morgan fingerprint density at radius 2 is 2.40 bits per heavy atom. The molecule has 1 aromatic rings. The summed E-state index contributed by atoms with van der Waals surface area (Å²) in [6.07, 6.45) is 3.86. The topological polar surface area (TPSA) is 67.0 Å². The van der Waals surface area contributed by atoms with Crippen LogP contribution in [0.5, 0.6) is 0 Å². The zero-order valence-electron chi connectivity index (χ0n) is 9.28. The second-order valence-corrected chi connectivity index (χ2v) is 3.68. The maximum Gasteiger partial charge on any atom is 0.323 e. The van der Waals surface area contributed by atoms with E-state index in [9.17, 15) is 4.79 Å². The number of methoxy groups -OCH3 is 1. The molecule has 0 aliphatic heterocycles. The SMILES string of the molecule is COC(=O)C(Cc1cnc[nH]1)NC(C)C. The van der Waals surface area contributed by atoms with E-state index in [1.807, 2.05) is 13.8 Å². The van der Waals surface area contributed by atoms with Gasteiger partial charge in [-0.3, -0.25) is 4.79 Å². The first-order chi connectivity index (χ1) is 7.13. The number of hydrogen-bond donors (Lipinski definition) is 2. The normalized spacial score (nSPS) is 12.8. The fraction of sp³-hybridized carbons (Fsp3) is 0.600. The third-order valence-corrected chi connectivity index (χ3v) is 2.00. The van der Waals surface area contributed by atoms with E-state index in [2.05, 4.69) is 15.3 Å². The summed E-state index contributed by atoms with van der Waals surface area (Å²) in [6, 6.07) is -0.0903. The average Bonchev–Trinajstić information content (AvgIpc) is 2.67. The fourth-order valence-electron chi connectivity index (χ4n) is 1.37. The lowest BCUT2D eigenvalue weighted by molar-refractivity contribution is -0.143. The van der Waals surface area contributed by atoms with E-state index in [4.69, 9.17) is 4.74 Å². The molecule has 0 saturated heterocycles. The van der Waals surface area contributed by atoms with Crippen molar-refractivity contribution in [3.63, 3.8) is 0 Å². The van der Waals surface area contributed by atoms with E-state index in [0.717, 1.165) is 5.69 Å². The number of imidazole rings is 1. The number of carbonyl (C=O) groups excluding carboxylic acids is 1. The largest absolute Gasteiger partial charge is 0.468 e. The lowest BCUT2D eigenvalue weighted by Gasteiger charge is -2.18. The van der Waals surface area contributed by atoms with Crippen molar-refractivity contribution in [3.8, 4) is 0 Å². The van der Waals surface area contributed by atoms with Crippen LogP contribution in [-0.2, 0) is 16.0 Å². The van der Waals surface area contributed by atoms with E-state index < -0.39 is 0 Å². The van der Waals surface area contributed by atoms with Gasteiger partial charge in [0.05, 0.1) is 13.4 Å². The van der Waals surface area contributed by atoms with Crippen LogP contribution in [0.1, 0.15) is 19.5 Å². The van der Waals surface area contributed by atoms with Gasteiger partial charge in [0.1, 0.15) is 6.04 Å². The van der Waals surface area contributed by atoms with E-state index in [-0.39, 0.29) is 18.1 Å². The molecule has 1 unspecified atom stereocenters. The highest BCUT2D eigenvalue weighted by molar-refractivity contribution is 5.76. The highest BCUT2D eigenvalue weighted by Gasteiger charge is 2.20. The van der Waals surface area contributed by atoms with Gasteiger partial charge in [-0.2, -0.15) is 0 Å². The molecular formula is C10H17N3O2. The zero-order valence-corrected chi connectivity index (χ0v) is 9.28. The van der Waals surface area contributed by atoms with Crippen LogP contribution >= 0.6 is 0 Å². The molecule has 0 aliphatic rings. The molecule has 0 fully saturated rings. The van der Waals surface area contributed by atoms with Crippen LogP contribution in [-0.4, -0.2) is 35.1 Å². The number of aromatic nitrogens is 2. The van der Waals surface area contributed by atoms with Crippen molar-refractivity contribution in [2.75, 3.05) is 7.11 Å². The van der Waals surface area contributed by atoms with E-state index in [1.54, 1.807) is 12.5 Å². The maximum atomic E-state index is 11.5. The van der Waals surface area contributed by atoms with Gasteiger partial charge in [-0.1, -0.05) is 13.8 Å². The molecule has 1 aromatic heterocycles. The molecule has 5 nitrogen and oxygen atoms in total. The number of hydrogen-bond acceptors (Lipinski definition) is 4. The smallest absolute Gasteiger partial charge is 0.323 e. The molecule has 0 saturated carbocycles. The maximum absolute atomic E-state index is 11.5. The molecule has 15 heavy (non-hydrogen) atoms. The summed E-state index contributed by atoms with van der Waals surface area (Å²) in [6.45, 7) is 3.98. The summed E-state index contributed by atoms with van der Waals surface area (Å²) >= 11 is 0. The van der Waals surface area contributed by atoms with Crippen LogP contribution < -0.4 is 5.32 Å². The van der Waals surface area contributed by atoms with Gasteiger partial charge in [-0.25, -0.2) is 4.98 Å². The third-order valence-electron chi connectivity index (χ3n) is 2.00. The zero-order chi connectivity index (χ0) is 11.3. The van der Waals surface area contributed by atoms with Gasteiger partial charge in [-0.15, -0.1) is 0 Å². The van der Waals surface area contributed by atoms with Gasteiger partial charge in [-0.05, 0) is 0 Å². The van der Waals surface area contributed by atoms with Crippen LogP contribution in [0.3, 0.4) is 0 Å². The first-order valence-corrected chi connectivity index (χ1v) is 4.94. The van der Waals surface area contributed by atoms with Crippen LogP contribution in [0.2, 0.25) is 0 Å². The number of carbonyl (C=O) groups is 1. The molecular weight excluding hydrogens is 194 g/mol. The number of ether oxygens (including phenoxy) is 1. The molecule has 1 atom stereocenters. The first-order valence-electron chi connectivity index (χ1n) is 4.94. The molecule has 0 amide bonds. The van der Waals surface area contributed by atoms with Crippen molar-refractivity contribution < 1.29 is 9.53 Å². The molecule has 0 radical (unpaired) electrons. The Balaban J connectivity index is 2.60. The lowest BCUT2D eigenvalue weighted by Crippen LogP contribution is -2.43. The second-order valence-electron chi connectivity index (χ2n) is 3.68. The summed E-state index contributed by atoms with van der Waals surface area (Å²) in [5, 5.41) is 3.15. The van der Waals surface area contributed by atoms with Gasteiger partial charge in [0.2, 0.25) is 0 Å². The monoisotopic (exact) mass is 211 g/mol. The Labute approximate surface area is 89.2 Å². The van der Waals surface area contributed by atoms with E-state index >= 15 is 0 Å². The van der Waals surface area contributed by atoms with Crippen molar-refractivity contribution in [1.29, 1.82) is 0 Å². The molecule has 5 heteroatoms. The molecule has 84 valence electrons. The van der Waals surface area contributed by atoms with E-state index in [0.29, 0.717) is 6.42 Å². The highest BCUT2D eigenvalue weighted by Crippen LogP contribution is 2.01. The number of aromatic amines is 1. The summed E-state index contributed by atoms with van der Waals surface area (Å²) in [5.41, 5.74) is 0.915. The van der Waals surface area contributed by atoms with Crippen molar-refractivity contribution in [2.24, 2.45) is 0 Å². The second kappa shape index (κ2) is 5.50. The number of nitrogens with one attached hydrogen (secondary N) is 2. The van der Waals surface area contributed by atoms with Crippen molar-refractivity contribution in [2.45, 2.75) is 32.4 Å². The van der Waals surface area contributed by atoms with Gasteiger partial charge < -0.3 is 15.0 Å². The van der Waals surface area contributed by atoms with E-state index in [1.165, 1.54) is 7.11 Å². The molecule has 0 aromatic carbocycles. The van der Waals surface area contributed by atoms with Crippen molar-refractivity contribution >= 4 is 5.97 Å². The minimum Gasteiger partial charge on any atom is -0.468 e. The number of nitrogens with zero attached hydrogens (tertiary/aromatic N) is 1. The van der Waals surface area contributed by atoms with Gasteiger partial charge >= 0.3 is 5.97 Å². The van der Waals surface area contributed by atoms with Crippen LogP contribution in [0.15, 0.2) is 12.5 Å². The first kappa shape index (κ1) is 11.7. The van der Waals surface area contributed by atoms with Crippen LogP contribution in [0.25, 0.3) is 0 Å². The standard InChI is InChI=1S/C10H17N3O2/c1-7(2)13-9(10(14)15-3)4-8-5-11-6-12-8/h5-7,9,13H,4H2,1-3H3,(H,11,12).